The molecule has 21 heavy (non-hydrogen) atoms. The highest BCUT2D eigenvalue weighted by atomic mass is 16.5. The molecule has 0 saturated heterocycles. The number of nitrogens with one attached hydrogen (secondary N) is 1. The standard InChI is InChI=1S/C16H19N3O2/c1-3-19-16(15(21-2)10-18-19)14(20)8-11-9-17-13-7-5-4-6-12(11)13/h4-7,10-11,17H,3,8-9H2,1-2H3. The molecular formula is C16H19N3O2. The van der Waals surface area contributed by atoms with E-state index in [-0.39, 0.29) is 11.7 Å². The highest BCUT2D eigenvalue weighted by molar-refractivity contribution is 5.97. The maximum atomic E-state index is 12.7. The topological polar surface area (TPSA) is 56.2 Å². The molecule has 1 aliphatic heterocycles. The van der Waals surface area contributed by atoms with E-state index in [0.717, 1.165) is 12.2 Å². The first-order chi connectivity index (χ1) is 10.2. The van der Waals surface area contributed by atoms with Crippen LogP contribution in [0.2, 0.25) is 0 Å². The van der Waals surface area contributed by atoms with Crippen LogP contribution in [0.5, 0.6) is 5.75 Å². The predicted octanol–water partition coefficient (Wildman–Crippen LogP) is 2.69. The van der Waals surface area contributed by atoms with Crippen molar-refractivity contribution in [2.75, 3.05) is 19.0 Å². The second kappa shape index (κ2) is 5.60. The molecule has 0 aliphatic carbocycles. The highest BCUT2D eigenvalue weighted by Crippen LogP contribution is 2.34. The van der Waals surface area contributed by atoms with E-state index in [9.17, 15) is 4.79 Å². The lowest BCUT2D eigenvalue weighted by Gasteiger charge is -2.11. The van der Waals surface area contributed by atoms with Crippen molar-refractivity contribution in [3.63, 3.8) is 0 Å². The average Bonchev–Trinajstić information content (AvgIpc) is 3.11. The summed E-state index contributed by atoms with van der Waals surface area (Å²) in [6.45, 7) is 3.42. The SMILES string of the molecule is CCn1ncc(OC)c1C(=O)CC1CNc2ccccc21. The van der Waals surface area contributed by atoms with E-state index in [0.29, 0.717) is 24.4 Å². The van der Waals surface area contributed by atoms with Gasteiger partial charge in [0.25, 0.3) is 0 Å². The first-order valence-corrected chi connectivity index (χ1v) is 7.20. The molecule has 1 aromatic heterocycles. The van der Waals surface area contributed by atoms with Gasteiger partial charge in [0.1, 0.15) is 5.69 Å². The molecule has 0 saturated carbocycles. The summed E-state index contributed by atoms with van der Waals surface area (Å²) in [5.41, 5.74) is 2.92. The Morgan fingerprint density at radius 3 is 3.05 bits per heavy atom. The molecule has 2 heterocycles. The molecule has 0 radical (unpaired) electrons. The van der Waals surface area contributed by atoms with Crippen LogP contribution >= 0.6 is 0 Å². The Bertz CT molecular complexity index is 642. The molecule has 0 spiro atoms. The second-order valence-corrected chi connectivity index (χ2v) is 5.17. The fourth-order valence-corrected chi connectivity index (χ4v) is 2.90. The van der Waals surface area contributed by atoms with Gasteiger partial charge in [-0.25, -0.2) is 0 Å². The number of benzene rings is 1. The largest absolute Gasteiger partial charge is 0.493 e. The van der Waals surface area contributed by atoms with Gasteiger partial charge in [0.2, 0.25) is 0 Å². The lowest BCUT2D eigenvalue weighted by atomic mass is 9.94. The van der Waals surface area contributed by atoms with Gasteiger partial charge in [0, 0.05) is 31.1 Å². The van der Waals surface area contributed by atoms with Gasteiger partial charge >= 0.3 is 0 Å². The van der Waals surface area contributed by atoms with Crippen LogP contribution in [0.25, 0.3) is 0 Å². The number of Topliss-reactive ketones (excluding diaryl/α,β-unsaturated/α-hetero) is 1. The van der Waals surface area contributed by atoms with E-state index >= 15 is 0 Å². The molecule has 0 amide bonds. The number of ketones is 1. The number of rotatable bonds is 5. The van der Waals surface area contributed by atoms with Gasteiger partial charge in [-0.15, -0.1) is 0 Å². The zero-order valence-corrected chi connectivity index (χ0v) is 12.3. The Kier molecular flexibility index (Phi) is 3.64. The number of carbonyl (C=O) groups excluding carboxylic acids is 1. The van der Waals surface area contributed by atoms with Gasteiger partial charge in [-0.05, 0) is 18.6 Å². The minimum absolute atomic E-state index is 0.0784. The Morgan fingerprint density at radius 1 is 1.48 bits per heavy atom. The quantitative estimate of drug-likeness (QED) is 0.858. The minimum Gasteiger partial charge on any atom is -0.493 e. The number of nitrogens with zero attached hydrogens (tertiary/aromatic N) is 2. The van der Waals surface area contributed by atoms with E-state index < -0.39 is 0 Å². The molecule has 1 N–H and O–H groups in total. The summed E-state index contributed by atoms with van der Waals surface area (Å²) in [6, 6.07) is 8.16. The number of fused-ring (bicyclic) bond motifs is 1. The predicted molar refractivity (Wildman–Crippen MR) is 81.1 cm³/mol. The molecule has 0 fully saturated rings. The van der Waals surface area contributed by atoms with Gasteiger partial charge in [-0.1, -0.05) is 18.2 Å². The number of aromatic nitrogens is 2. The van der Waals surface area contributed by atoms with Crippen LogP contribution in [0.4, 0.5) is 5.69 Å². The molecule has 5 heteroatoms. The number of hydrogen-bond donors (Lipinski definition) is 1. The monoisotopic (exact) mass is 285 g/mol. The van der Waals surface area contributed by atoms with Crippen LogP contribution in [0.15, 0.2) is 30.5 Å². The summed E-state index contributed by atoms with van der Waals surface area (Å²) in [7, 11) is 1.57. The highest BCUT2D eigenvalue weighted by Gasteiger charge is 2.27. The van der Waals surface area contributed by atoms with E-state index in [2.05, 4.69) is 22.5 Å². The molecular weight excluding hydrogens is 266 g/mol. The van der Waals surface area contributed by atoms with E-state index in [1.807, 2.05) is 19.1 Å². The molecule has 110 valence electrons. The summed E-state index contributed by atoms with van der Waals surface area (Å²) in [5, 5.41) is 7.55. The third-order valence-electron chi connectivity index (χ3n) is 3.96. The normalized spacial score (nSPS) is 16.4. The van der Waals surface area contributed by atoms with E-state index in [4.69, 9.17) is 4.74 Å². The fraction of sp³-hybridized carbons (Fsp3) is 0.375. The van der Waals surface area contributed by atoms with Gasteiger partial charge in [-0.3, -0.25) is 9.48 Å². The van der Waals surface area contributed by atoms with Crippen LogP contribution in [-0.2, 0) is 6.54 Å². The van der Waals surface area contributed by atoms with Crippen molar-refractivity contribution in [3.8, 4) is 5.75 Å². The van der Waals surface area contributed by atoms with E-state index in [1.165, 1.54) is 5.56 Å². The van der Waals surface area contributed by atoms with Crippen molar-refractivity contribution in [1.29, 1.82) is 0 Å². The van der Waals surface area contributed by atoms with Gasteiger partial charge in [-0.2, -0.15) is 5.10 Å². The zero-order valence-electron chi connectivity index (χ0n) is 12.3. The zero-order chi connectivity index (χ0) is 14.8. The number of carbonyl (C=O) groups is 1. The number of anilines is 1. The van der Waals surface area contributed by atoms with Crippen LogP contribution in [0, 0.1) is 0 Å². The van der Waals surface area contributed by atoms with Crippen LogP contribution < -0.4 is 10.1 Å². The Morgan fingerprint density at radius 2 is 2.29 bits per heavy atom. The van der Waals surface area contributed by atoms with Crippen molar-refractivity contribution in [3.05, 3.63) is 41.7 Å². The lowest BCUT2D eigenvalue weighted by Crippen LogP contribution is -2.15. The third-order valence-corrected chi connectivity index (χ3v) is 3.96. The Hall–Kier alpha value is -2.30. The molecule has 3 rings (SSSR count). The number of hydrogen-bond acceptors (Lipinski definition) is 4. The number of ether oxygens (including phenoxy) is 1. The molecule has 0 bridgehead atoms. The lowest BCUT2D eigenvalue weighted by molar-refractivity contribution is 0.0962. The van der Waals surface area contributed by atoms with Crippen molar-refractivity contribution in [2.45, 2.75) is 25.8 Å². The van der Waals surface area contributed by atoms with Crippen LogP contribution in [-0.4, -0.2) is 29.2 Å². The van der Waals surface area contributed by atoms with Crippen molar-refractivity contribution in [2.24, 2.45) is 0 Å². The Labute approximate surface area is 123 Å². The maximum absolute atomic E-state index is 12.7. The minimum atomic E-state index is 0.0784. The summed E-state index contributed by atoms with van der Waals surface area (Å²) in [4.78, 5) is 12.7. The third kappa shape index (κ3) is 2.39. The summed E-state index contributed by atoms with van der Waals surface area (Å²) >= 11 is 0. The van der Waals surface area contributed by atoms with E-state index in [1.54, 1.807) is 18.0 Å². The maximum Gasteiger partial charge on any atom is 0.185 e. The van der Waals surface area contributed by atoms with Crippen molar-refractivity contribution >= 4 is 11.5 Å². The molecule has 5 nitrogen and oxygen atoms in total. The molecule has 1 aliphatic rings. The molecule has 1 atom stereocenters. The van der Waals surface area contributed by atoms with Gasteiger partial charge in [0.05, 0.1) is 13.3 Å². The summed E-state index contributed by atoms with van der Waals surface area (Å²) in [6.07, 6.45) is 2.07. The summed E-state index contributed by atoms with van der Waals surface area (Å²) in [5.74, 6) is 0.842. The Balaban J connectivity index is 1.83. The van der Waals surface area contributed by atoms with Crippen molar-refractivity contribution in [1.82, 2.24) is 9.78 Å². The molecule has 1 aromatic carbocycles. The van der Waals surface area contributed by atoms with Gasteiger partial charge in [0.15, 0.2) is 11.5 Å². The second-order valence-electron chi connectivity index (χ2n) is 5.17. The number of methoxy groups -OCH3 is 1. The average molecular weight is 285 g/mol. The first kappa shape index (κ1) is 13.7. The number of aryl methyl sites for hydroxylation is 1. The molecule has 1 unspecified atom stereocenters. The molecule has 2 aromatic rings. The van der Waals surface area contributed by atoms with Crippen LogP contribution in [0.3, 0.4) is 0 Å². The van der Waals surface area contributed by atoms with Crippen molar-refractivity contribution < 1.29 is 9.53 Å². The first-order valence-electron chi connectivity index (χ1n) is 7.20. The van der Waals surface area contributed by atoms with Gasteiger partial charge < -0.3 is 10.1 Å². The number of para-hydroxylation sites is 1. The van der Waals surface area contributed by atoms with Crippen LogP contribution in [0.1, 0.15) is 35.3 Å². The smallest absolute Gasteiger partial charge is 0.185 e. The summed E-state index contributed by atoms with van der Waals surface area (Å²) < 4.78 is 6.97. The fourth-order valence-electron chi connectivity index (χ4n) is 2.90.